The Hall–Kier alpha value is -3.13. The first-order valence-electron chi connectivity index (χ1n) is 7.58. The minimum Gasteiger partial charge on any atom is -0.484 e. The summed E-state index contributed by atoms with van der Waals surface area (Å²) in [5.41, 5.74) is 0.237. The quantitative estimate of drug-likeness (QED) is 0.688. The number of hydrogen-bond donors (Lipinski definition) is 1. The first-order valence-corrected chi connectivity index (χ1v) is 9.47. The fourth-order valence-corrected chi connectivity index (χ4v) is 2.95. The summed E-state index contributed by atoms with van der Waals surface area (Å²) in [4.78, 5) is 23.4. The molecule has 3 rings (SSSR count). The number of ether oxygens (including phenoxy) is 1. The predicted octanol–water partition coefficient (Wildman–Crippen LogP) is 2.21. The SMILES string of the molecule is CS(=O)(=O)c1cccc(NC(=O)COc2ccc3ccc(=O)oc3c2)c1. The van der Waals surface area contributed by atoms with Gasteiger partial charge in [0, 0.05) is 29.5 Å². The fraction of sp³-hybridized carbons (Fsp3) is 0.111. The highest BCUT2D eigenvalue weighted by molar-refractivity contribution is 7.90. The maximum atomic E-state index is 12.0. The van der Waals surface area contributed by atoms with Crippen LogP contribution in [-0.4, -0.2) is 27.2 Å². The lowest BCUT2D eigenvalue weighted by Crippen LogP contribution is -2.20. The molecular weight excluding hydrogens is 358 g/mol. The lowest BCUT2D eigenvalue weighted by Gasteiger charge is -2.09. The molecule has 3 aromatic rings. The van der Waals surface area contributed by atoms with Crippen molar-refractivity contribution in [2.45, 2.75) is 4.90 Å². The smallest absolute Gasteiger partial charge is 0.336 e. The van der Waals surface area contributed by atoms with Gasteiger partial charge in [-0.05, 0) is 36.4 Å². The Bertz CT molecular complexity index is 1130. The number of benzene rings is 2. The summed E-state index contributed by atoms with van der Waals surface area (Å²) in [6.45, 7) is -0.286. The molecule has 1 aromatic heterocycles. The predicted molar refractivity (Wildman–Crippen MR) is 96.2 cm³/mol. The van der Waals surface area contributed by atoms with Crippen molar-refractivity contribution in [2.75, 3.05) is 18.2 Å². The van der Waals surface area contributed by atoms with Crippen molar-refractivity contribution >= 4 is 32.4 Å². The van der Waals surface area contributed by atoms with E-state index in [2.05, 4.69) is 5.32 Å². The van der Waals surface area contributed by atoms with Crippen LogP contribution in [0.15, 0.2) is 68.7 Å². The number of amides is 1. The highest BCUT2D eigenvalue weighted by Crippen LogP contribution is 2.20. The van der Waals surface area contributed by atoms with Crippen LogP contribution in [-0.2, 0) is 14.6 Å². The number of nitrogens with one attached hydrogen (secondary N) is 1. The van der Waals surface area contributed by atoms with E-state index in [1.165, 1.54) is 30.3 Å². The Morgan fingerprint density at radius 2 is 1.88 bits per heavy atom. The Labute approximate surface area is 149 Å². The van der Waals surface area contributed by atoms with E-state index in [0.29, 0.717) is 17.0 Å². The number of rotatable bonds is 5. The van der Waals surface area contributed by atoms with Crippen molar-refractivity contribution in [3.05, 3.63) is 65.0 Å². The molecule has 0 fully saturated rings. The van der Waals surface area contributed by atoms with Crippen LogP contribution < -0.4 is 15.7 Å². The van der Waals surface area contributed by atoms with E-state index in [0.717, 1.165) is 11.6 Å². The summed E-state index contributed by atoms with van der Waals surface area (Å²) in [6.07, 6.45) is 1.09. The van der Waals surface area contributed by atoms with Crippen molar-refractivity contribution in [2.24, 2.45) is 0 Å². The highest BCUT2D eigenvalue weighted by Gasteiger charge is 2.10. The molecule has 0 radical (unpaired) electrons. The molecule has 0 atom stereocenters. The first kappa shape index (κ1) is 17.7. The molecule has 1 heterocycles. The Morgan fingerprint density at radius 1 is 1.12 bits per heavy atom. The van der Waals surface area contributed by atoms with Crippen LogP contribution in [0.2, 0.25) is 0 Å². The van der Waals surface area contributed by atoms with Gasteiger partial charge in [0.15, 0.2) is 16.4 Å². The van der Waals surface area contributed by atoms with E-state index >= 15 is 0 Å². The highest BCUT2D eigenvalue weighted by atomic mass is 32.2. The Balaban J connectivity index is 1.67. The van der Waals surface area contributed by atoms with Gasteiger partial charge in [-0.3, -0.25) is 4.79 Å². The zero-order chi connectivity index (χ0) is 18.7. The molecule has 1 N–H and O–H groups in total. The fourth-order valence-electron chi connectivity index (χ4n) is 2.28. The largest absolute Gasteiger partial charge is 0.484 e. The molecule has 0 aliphatic carbocycles. The molecule has 8 heteroatoms. The minimum absolute atomic E-state index is 0.112. The molecule has 0 bridgehead atoms. The van der Waals surface area contributed by atoms with E-state index in [1.807, 2.05) is 0 Å². The van der Waals surface area contributed by atoms with Crippen molar-refractivity contribution in [1.82, 2.24) is 0 Å². The normalized spacial score (nSPS) is 11.3. The average Bonchev–Trinajstić information content (AvgIpc) is 2.59. The third-order valence-corrected chi connectivity index (χ3v) is 4.62. The summed E-state index contributed by atoms with van der Waals surface area (Å²) in [5, 5.41) is 3.30. The van der Waals surface area contributed by atoms with Gasteiger partial charge in [0.05, 0.1) is 4.90 Å². The molecule has 134 valence electrons. The van der Waals surface area contributed by atoms with E-state index in [1.54, 1.807) is 24.3 Å². The minimum atomic E-state index is -3.36. The lowest BCUT2D eigenvalue weighted by atomic mass is 10.2. The van der Waals surface area contributed by atoms with Crippen LogP contribution in [0.4, 0.5) is 5.69 Å². The van der Waals surface area contributed by atoms with E-state index in [4.69, 9.17) is 9.15 Å². The second-order valence-corrected chi connectivity index (χ2v) is 7.61. The standard InChI is InChI=1S/C18H15NO6S/c1-26(22,23)15-4-2-3-13(9-15)19-17(20)11-24-14-7-5-12-6-8-18(21)25-16(12)10-14/h2-10H,11H2,1H3,(H,19,20). The summed E-state index contributed by atoms with van der Waals surface area (Å²) >= 11 is 0. The van der Waals surface area contributed by atoms with Crippen LogP contribution >= 0.6 is 0 Å². The molecule has 0 unspecified atom stereocenters. The Morgan fingerprint density at radius 3 is 2.65 bits per heavy atom. The van der Waals surface area contributed by atoms with Crippen LogP contribution in [0.25, 0.3) is 11.0 Å². The van der Waals surface area contributed by atoms with Gasteiger partial charge in [0.1, 0.15) is 11.3 Å². The lowest BCUT2D eigenvalue weighted by molar-refractivity contribution is -0.118. The van der Waals surface area contributed by atoms with Gasteiger partial charge in [-0.2, -0.15) is 0 Å². The van der Waals surface area contributed by atoms with Gasteiger partial charge in [-0.15, -0.1) is 0 Å². The molecule has 7 nitrogen and oxygen atoms in total. The van der Waals surface area contributed by atoms with Crippen molar-refractivity contribution in [3.8, 4) is 5.75 Å². The molecule has 0 saturated carbocycles. The maximum Gasteiger partial charge on any atom is 0.336 e. The maximum absolute atomic E-state index is 12.0. The summed E-state index contributed by atoms with van der Waals surface area (Å²) in [7, 11) is -3.36. The topological polar surface area (TPSA) is 103 Å². The van der Waals surface area contributed by atoms with Gasteiger partial charge in [-0.25, -0.2) is 13.2 Å². The van der Waals surface area contributed by atoms with Gasteiger partial charge in [-0.1, -0.05) is 6.07 Å². The second-order valence-electron chi connectivity index (χ2n) is 5.59. The molecular formula is C18H15NO6S. The molecule has 0 spiro atoms. The van der Waals surface area contributed by atoms with Gasteiger partial charge < -0.3 is 14.5 Å². The molecule has 0 aliphatic heterocycles. The number of anilines is 1. The molecule has 0 saturated heterocycles. The van der Waals surface area contributed by atoms with Crippen LogP contribution in [0, 0.1) is 0 Å². The van der Waals surface area contributed by atoms with Crippen LogP contribution in [0.1, 0.15) is 0 Å². The third-order valence-electron chi connectivity index (χ3n) is 3.51. The van der Waals surface area contributed by atoms with Crippen molar-refractivity contribution in [3.63, 3.8) is 0 Å². The molecule has 26 heavy (non-hydrogen) atoms. The number of fused-ring (bicyclic) bond motifs is 1. The monoisotopic (exact) mass is 373 g/mol. The zero-order valence-corrected chi connectivity index (χ0v) is 14.6. The van der Waals surface area contributed by atoms with Crippen LogP contribution in [0.5, 0.6) is 5.75 Å². The average molecular weight is 373 g/mol. The van der Waals surface area contributed by atoms with Gasteiger partial charge in [0.25, 0.3) is 5.91 Å². The van der Waals surface area contributed by atoms with E-state index < -0.39 is 21.4 Å². The number of hydrogen-bond acceptors (Lipinski definition) is 6. The molecule has 2 aromatic carbocycles. The van der Waals surface area contributed by atoms with E-state index in [9.17, 15) is 18.0 Å². The zero-order valence-electron chi connectivity index (χ0n) is 13.8. The summed E-state index contributed by atoms with van der Waals surface area (Å²) in [6, 6.07) is 13.8. The third kappa shape index (κ3) is 4.28. The summed E-state index contributed by atoms with van der Waals surface area (Å²) in [5.74, 6) is -0.0860. The molecule has 0 aliphatic rings. The van der Waals surface area contributed by atoms with Gasteiger partial charge in [0.2, 0.25) is 0 Å². The molecule has 1 amide bonds. The van der Waals surface area contributed by atoms with E-state index in [-0.39, 0.29) is 11.5 Å². The van der Waals surface area contributed by atoms with Crippen molar-refractivity contribution in [1.29, 1.82) is 0 Å². The van der Waals surface area contributed by atoms with Gasteiger partial charge >= 0.3 is 5.63 Å². The Kier molecular flexibility index (Phi) is 4.77. The summed E-state index contributed by atoms with van der Waals surface area (Å²) < 4.78 is 33.5. The second kappa shape index (κ2) is 7.01. The number of sulfone groups is 1. The number of carbonyl (C=O) groups is 1. The number of carbonyl (C=O) groups excluding carboxylic acids is 1. The van der Waals surface area contributed by atoms with Crippen molar-refractivity contribution < 1.29 is 22.4 Å². The van der Waals surface area contributed by atoms with Crippen LogP contribution in [0.3, 0.4) is 0 Å². The first-order chi connectivity index (χ1) is 12.3.